The van der Waals surface area contributed by atoms with E-state index in [0.717, 1.165) is 38.5 Å². The summed E-state index contributed by atoms with van der Waals surface area (Å²) in [5, 5.41) is 13.4. The molecule has 0 spiro atoms. The highest BCUT2D eigenvalue weighted by Crippen LogP contribution is 2.43. The predicted octanol–water partition coefficient (Wildman–Crippen LogP) is 4.07. The summed E-state index contributed by atoms with van der Waals surface area (Å²) in [7, 11) is 2.03. The molecule has 0 radical (unpaired) electrons. The van der Waals surface area contributed by atoms with E-state index in [-0.39, 0.29) is 18.7 Å². The van der Waals surface area contributed by atoms with Crippen molar-refractivity contribution in [3.05, 3.63) is 0 Å². The lowest BCUT2D eigenvalue weighted by Gasteiger charge is -2.27. The average molecular weight is 452 g/mol. The van der Waals surface area contributed by atoms with Crippen LogP contribution in [0.1, 0.15) is 84.5 Å². The van der Waals surface area contributed by atoms with Crippen LogP contribution in [0.25, 0.3) is 0 Å². The number of nitrogens with zero attached hydrogens (tertiary/aromatic N) is 1. The molecule has 7 nitrogen and oxygen atoms in total. The summed E-state index contributed by atoms with van der Waals surface area (Å²) in [5.41, 5.74) is 0. The molecule has 0 aromatic rings. The van der Waals surface area contributed by atoms with Gasteiger partial charge in [0.1, 0.15) is 13.2 Å². The molecular formula is C22H48N2O5P+. The third kappa shape index (κ3) is 17.2. The first-order valence-corrected chi connectivity index (χ1v) is 13.5. The Bertz CT molecular complexity index is 496. The fraction of sp³-hybridized carbons (Fsp3) is 0.955. The van der Waals surface area contributed by atoms with Crippen LogP contribution in [0.4, 0.5) is 0 Å². The third-order valence-corrected chi connectivity index (χ3v) is 6.60. The van der Waals surface area contributed by atoms with Crippen molar-refractivity contribution in [2.75, 3.05) is 40.5 Å². The van der Waals surface area contributed by atoms with E-state index in [1.807, 2.05) is 21.1 Å². The minimum absolute atomic E-state index is 0.155. The Kier molecular flexibility index (Phi) is 16.0. The monoisotopic (exact) mass is 451 g/mol. The van der Waals surface area contributed by atoms with Gasteiger partial charge < -0.3 is 24.3 Å². The van der Waals surface area contributed by atoms with E-state index in [1.165, 1.54) is 19.3 Å². The van der Waals surface area contributed by atoms with Gasteiger partial charge in [-0.25, -0.2) is 0 Å². The fourth-order valence-corrected chi connectivity index (χ4v) is 4.48. The molecule has 180 valence electrons. The van der Waals surface area contributed by atoms with Crippen LogP contribution >= 0.6 is 7.60 Å². The van der Waals surface area contributed by atoms with Gasteiger partial charge >= 0.3 is 7.60 Å². The summed E-state index contributed by atoms with van der Waals surface area (Å²) in [6.07, 6.45) is 9.10. The molecule has 3 N–H and O–H groups in total. The normalized spacial score (nSPS) is 16.1. The molecule has 0 heterocycles. The molecule has 30 heavy (non-hydrogen) atoms. The molecule has 0 aromatic heterocycles. The largest absolute Gasteiger partial charge is 0.391 e. The van der Waals surface area contributed by atoms with Crippen molar-refractivity contribution < 1.29 is 28.4 Å². The molecular weight excluding hydrogens is 403 g/mol. The molecule has 0 fully saturated rings. The van der Waals surface area contributed by atoms with Crippen LogP contribution in [0, 0.1) is 0 Å². The van der Waals surface area contributed by atoms with Gasteiger partial charge in [-0.3, -0.25) is 9.36 Å². The summed E-state index contributed by atoms with van der Waals surface area (Å²) >= 11 is 0. The van der Waals surface area contributed by atoms with E-state index in [2.05, 4.69) is 19.2 Å². The van der Waals surface area contributed by atoms with E-state index in [4.69, 9.17) is 4.52 Å². The summed E-state index contributed by atoms with van der Waals surface area (Å²) in [6.45, 7) is 4.99. The second-order valence-electron chi connectivity index (χ2n) is 9.42. The van der Waals surface area contributed by atoms with Crippen molar-refractivity contribution in [1.82, 2.24) is 5.32 Å². The smallest absolute Gasteiger partial charge is 0.330 e. The van der Waals surface area contributed by atoms with Crippen molar-refractivity contribution in [2.45, 2.75) is 96.6 Å². The lowest BCUT2D eigenvalue weighted by Crippen LogP contribution is -2.46. The summed E-state index contributed by atoms with van der Waals surface area (Å²) in [6, 6.07) is -0.769. The third-order valence-electron chi connectivity index (χ3n) is 5.15. The second-order valence-corrected chi connectivity index (χ2v) is 11.3. The quantitative estimate of drug-likeness (QED) is 0.156. The Labute approximate surface area is 184 Å². The Balaban J connectivity index is 4.75. The van der Waals surface area contributed by atoms with Crippen LogP contribution in [0.5, 0.6) is 0 Å². The highest BCUT2D eigenvalue weighted by molar-refractivity contribution is 7.52. The Morgan fingerprint density at radius 1 is 1.00 bits per heavy atom. The molecule has 0 bridgehead atoms. The lowest BCUT2D eigenvalue weighted by molar-refractivity contribution is -0.870. The van der Waals surface area contributed by atoms with Crippen molar-refractivity contribution >= 4 is 13.5 Å². The molecule has 0 aliphatic heterocycles. The van der Waals surface area contributed by atoms with E-state index in [9.17, 15) is 19.4 Å². The topological polar surface area (TPSA) is 95.9 Å². The minimum atomic E-state index is -3.92. The number of aliphatic hydroxyl groups excluding tert-OH is 1. The van der Waals surface area contributed by atoms with Gasteiger partial charge in [-0.2, -0.15) is 0 Å². The van der Waals surface area contributed by atoms with Crippen LogP contribution < -0.4 is 5.32 Å². The van der Waals surface area contributed by atoms with E-state index in [0.29, 0.717) is 23.9 Å². The van der Waals surface area contributed by atoms with Crippen molar-refractivity contribution in [3.8, 4) is 0 Å². The molecule has 0 aliphatic carbocycles. The maximum Gasteiger partial charge on any atom is 0.330 e. The number of carbonyl (C=O) groups is 1. The first kappa shape index (κ1) is 29.5. The number of rotatable bonds is 19. The predicted molar refractivity (Wildman–Crippen MR) is 124 cm³/mol. The molecule has 0 aliphatic rings. The van der Waals surface area contributed by atoms with E-state index in [1.54, 1.807) is 0 Å². The zero-order valence-electron chi connectivity index (χ0n) is 20.1. The van der Waals surface area contributed by atoms with Gasteiger partial charge in [0, 0.05) is 6.42 Å². The highest BCUT2D eigenvalue weighted by atomic mass is 31.2. The van der Waals surface area contributed by atoms with Crippen molar-refractivity contribution in [3.63, 3.8) is 0 Å². The van der Waals surface area contributed by atoms with Crippen LogP contribution in [0.3, 0.4) is 0 Å². The Morgan fingerprint density at radius 2 is 1.57 bits per heavy atom. The molecule has 0 aromatic carbocycles. The zero-order chi connectivity index (χ0) is 23.0. The van der Waals surface area contributed by atoms with Crippen LogP contribution in [0.2, 0.25) is 0 Å². The number of unbranched alkanes of at least 4 members (excludes halogenated alkanes) is 7. The molecule has 0 rings (SSSR count). The highest BCUT2D eigenvalue weighted by Gasteiger charge is 2.31. The number of amides is 1. The van der Waals surface area contributed by atoms with E-state index < -0.39 is 19.7 Å². The molecule has 8 heteroatoms. The first-order valence-electron chi connectivity index (χ1n) is 11.7. The molecule has 0 saturated carbocycles. The van der Waals surface area contributed by atoms with Crippen LogP contribution in [0.15, 0.2) is 0 Å². The zero-order valence-corrected chi connectivity index (χ0v) is 21.0. The molecule has 0 saturated heterocycles. The van der Waals surface area contributed by atoms with Gasteiger partial charge in [0.05, 0.1) is 39.5 Å². The summed E-state index contributed by atoms with van der Waals surface area (Å²) in [4.78, 5) is 22.6. The van der Waals surface area contributed by atoms with E-state index >= 15 is 0 Å². The number of carbonyl (C=O) groups excluding carboxylic acids is 1. The fourth-order valence-electron chi connectivity index (χ4n) is 3.17. The first-order chi connectivity index (χ1) is 14.0. The number of aliphatic hydroxyl groups is 1. The second kappa shape index (κ2) is 16.2. The standard InChI is InChI=1S/C22H47N2O5P/c1-6-8-10-11-12-14-15-21(25)20(23-22(26)16-13-9-7-2)19-30(27,28)29-18-17-24(3,4)5/h20-21,25H,6-19H2,1-5H3,(H-,23,26,27,28)/p+1/t20-,21+/m1/s1. The number of nitrogens with one attached hydrogen (secondary N) is 1. The summed E-state index contributed by atoms with van der Waals surface area (Å²) < 4.78 is 18.5. The van der Waals surface area contributed by atoms with Crippen LogP contribution in [-0.2, 0) is 13.9 Å². The Hall–Kier alpha value is -0.460. The molecule has 1 amide bonds. The lowest BCUT2D eigenvalue weighted by atomic mass is 10.0. The number of quaternary nitrogens is 1. The van der Waals surface area contributed by atoms with Crippen molar-refractivity contribution in [1.29, 1.82) is 0 Å². The minimum Gasteiger partial charge on any atom is -0.391 e. The van der Waals surface area contributed by atoms with Gasteiger partial charge in [-0.15, -0.1) is 0 Å². The van der Waals surface area contributed by atoms with Gasteiger partial charge in [0.15, 0.2) is 0 Å². The molecule has 1 unspecified atom stereocenters. The van der Waals surface area contributed by atoms with Gasteiger partial charge in [0.2, 0.25) is 5.91 Å². The summed E-state index contributed by atoms with van der Waals surface area (Å²) in [5.74, 6) is -0.179. The van der Waals surface area contributed by atoms with Crippen LogP contribution in [-0.4, -0.2) is 73.0 Å². The SMILES string of the molecule is CCCCCCCC[C@H](O)[C@@H](CP(=O)(O)OCC[N+](C)(C)C)NC(=O)CCCCC. The number of hydrogen-bond donors (Lipinski definition) is 3. The molecule has 3 atom stereocenters. The maximum atomic E-state index is 12.6. The van der Waals surface area contributed by atoms with Crippen molar-refractivity contribution in [2.24, 2.45) is 0 Å². The van der Waals surface area contributed by atoms with Gasteiger partial charge in [-0.1, -0.05) is 65.2 Å². The average Bonchev–Trinajstić information content (AvgIpc) is 2.62. The van der Waals surface area contributed by atoms with Gasteiger partial charge in [0.25, 0.3) is 0 Å². The number of likely N-dealkylation sites (N-methyl/N-ethyl adjacent to an activating group) is 1. The number of hydrogen-bond acceptors (Lipinski definition) is 4. The maximum absolute atomic E-state index is 12.6. The van der Waals surface area contributed by atoms with Gasteiger partial charge in [-0.05, 0) is 12.8 Å². The Morgan fingerprint density at radius 3 is 2.17 bits per heavy atom.